The van der Waals surface area contributed by atoms with Crippen LogP contribution < -0.4 is 5.32 Å². The Morgan fingerprint density at radius 3 is 2.85 bits per heavy atom. The maximum Gasteiger partial charge on any atom is 0.255 e. The van der Waals surface area contributed by atoms with E-state index >= 15 is 0 Å². The molecule has 2 aromatic rings. The Labute approximate surface area is 123 Å². The first kappa shape index (κ1) is 14.6. The lowest BCUT2D eigenvalue weighted by atomic mass is 10.1. The molecule has 0 aliphatic heterocycles. The number of phenols is 1. The number of carbonyl (C=O) groups is 1. The van der Waals surface area contributed by atoms with Crippen molar-refractivity contribution in [2.45, 2.75) is 32.7 Å². The van der Waals surface area contributed by atoms with Crippen LogP contribution >= 0.6 is 11.3 Å². The van der Waals surface area contributed by atoms with E-state index in [0.29, 0.717) is 5.56 Å². The van der Waals surface area contributed by atoms with E-state index in [1.807, 2.05) is 24.4 Å². The molecule has 0 aliphatic carbocycles. The second kappa shape index (κ2) is 6.57. The van der Waals surface area contributed by atoms with Crippen LogP contribution in [0.2, 0.25) is 0 Å². The van der Waals surface area contributed by atoms with Gasteiger partial charge in [-0.3, -0.25) is 4.79 Å². The fourth-order valence-corrected chi connectivity index (χ4v) is 2.94. The molecule has 0 bridgehead atoms. The molecular weight excluding hydrogens is 270 g/mol. The van der Waals surface area contributed by atoms with Crippen molar-refractivity contribution in [3.05, 3.63) is 51.7 Å². The monoisotopic (exact) mass is 289 g/mol. The summed E-state index contributed by atoms with van der Waals surface area (Å²) in [5.74, 6) is -0.201. The highest BCUT2D eigenvalue weighted by Gasteiger charge is 2.18. The summed E-state index contributed by atoms with van der Waals surface area (Å²) < 4.78 is 0. The standard InChI is InChI=1S/C16H19NO2S/c1-3-5-13(15-6-4-9-20-15)17-16(19)12-10-11(2)7-8-14(12)18/h4,6-10,13,18H,3,5H2,1-2H3,(H,17,19). The van der Waals surface area contributed by atoms with Crippen molar-refractivity contribution in [2.75, 3.05) is 0 Å². The van der Waals surface area contributed by atoms with Gasteiger partial charge in [0, 0.05) is 4.88 Å². The lowest BCUT2D eigenvalue weighted by Gasteiger charge is -2.17. The SMILES string of the molecule is CCCC(NC(=O)c1cc(C)ccc1O)c1cccs1. The van der Waals surface area contributed by atoms with Gasteiger partial charge < -0.3 is 10.4 Å². The number of benzene rings is 1. The molecule has 3 nitrogen and oxygen atoms in total. The first-order valence-electron chi connectivity index (χ1n) is 6.75. The molecule has 0 spiro atoms. The number of amides is 1. The first-order valence-corrected chi connectivity index (χ1v) is 7.63. The van der Waals surface area contributed by atoms with Crippen molar-refractivity contribution < 1.29 is 9.90 Å². The number of aryl methyl sites for hydroxylation is 1. The zero-order valence-electron chi connectivity index (χ0n) is 11.7. The van der Waals surface area contributed by atoms with Gasteiger partial charge in [-0.2, -0.15) is 0 Å². The highest BCUT2D eigenvalue weighted by atomic mass is 32.1. The number of nitrogens with one attached hydrogen (secondary N) is 1. The predicted molar refractivity (Wildman–Crippen MR) is 82.3 cm³/mol. The van der Waals surface area contributed by atoms with Gasteiger partial charge in [0.05, 0.1) is 11.6 Å². The molecule has 0 saturated heterocycles. The highest BCUT2D eigenvalue weighted by molar-refractivity contribution is 7.10. The minimum absolute atomic E-state index is 0.00686. The third-order valence-corrected chi connectivity index (χ3v) is 4.15. The molecule has 0 aliphatic rings. The molecule has 2 N–H and O–H groups in total. The molecule has 4 heteroatoms. The van der Waals surface area contributed by atoms with Crippen LogP contribution in [-0.2, 0) is 0 Å². The number of aromatic hydroxyl groups is 1. The number of rotatable bonds is 5. The molecule has 0 saturated carbocycles. The molecule has 1 aromatic heterocycles. The molecule has 106 valence electrons. The minimum atomic E-state index is -0.224. The average molecular weight is 289 g/mol. The van der Waals surface area contributed by atoms with Crippen molar-refractivity contribution in [2.24, 2.45) is 0 Å². The fraction of sp³-hybridized carbons (Fsp3) is 0.312. The van der Waals surface area contributed by atoms with E-state index in [2.05, 4.69) is 12.2 Å². The van der Waals surface area contributed by atoms with Crippen LogP contribution in [0.1, 0.15) is 46.6 Å². The molecule has 1 atom stereocenters. The summed E-state index contributed by atoms with van der Waals surface area (Å²) in [6.45, 7) is 4.00. The predicted octanol–water partition coefficient (Wildman–Crippen LogP) is 4.03. The molecular formula is C16H19NO2S. The highest BCUT2D eigenvalue weighted by Crippen LogP contribution is 2.25. The Hall–Kier alpha value is -1.81. The molecule has 0 radical (unpaired) electrons. The van der Waals surface area contributed by atoms with Gasteiger partial charge in [-0.15, -0.1) is 11.3 Å². The zero-order chi connectivity index (χ0) is 14.5. The Kier molecular flexibility index (Phi) is 4.79. The van der Waals surface area contributed by atoms with Crippen LogP contribution in [0.15, 0.2) is 35.7 Å². The van der Waals surface area contributed by atoms with Crippen molar-refractivity contribution in [1.29, 1.82) is 0 Å². The summed E-state index contributed by atoms with van der Waals surface area (Å²) in [5.41, 5.74) is 1.29. The normalized spacial score (nSPS) is 12.1. The van der Waals surface area contributed by atoms with Crippen LogP contribution in [-0.4, -0.2) is 11.0 Å². The Balaban J connectivity index is 2.18. The topological polar surface area (TPSA) is 49.3 Å². The van der Waals surface area contributed by atoms with Crippen LogP contribution in [0.5, 0.6) is 5.75 Å². The van der Waals surface area contributed by atoms with Crippen LogP contribution in [0, 0.1) is 6.92 Å². The number of phenolic OH excluding ortho intramolecular Hbond substituents is 1. The van der Waals surface area contributed by atoms with Crippen LogP contribution in [0.25, 0.3) is 0 Å². The van der Waals surface area contributed by atoms with E-state index < -0.39 is 0 Å². The fourth-order valence-electron chi connectivity index (χ4n) is 2.13. The third kappa shape index (κ3) is 3.39. The molecule has 1 amide bonds. The number of thiophene rings is 1. The van der Waals surface area contributed by atoms with Crippen molar-refractivity contribution in [3.63, 3.8) is 0 Å². The second-order valence-corrected chi connectivity index (χ2v) is 5.83. The zero-order valence-corrected chi connectivity index (χ0v) is 12.5. The molecule has 1 unspecified atom stereocenters. The van der Waals surface area contributed by atoms with Gasteiger partial charge in [-0.05, 0) is 36.9 Å². The van der Waals surface area contributed by atoms with Crippen molar-refractivity contribution >= 4 is 17.2 Å². The maximum atomic E-state index is 12.3. The van der Waals surface area contributed by atoms with Crippen LogP contribution in [0.4, 0.5) is 0 Å². The molecule has 0 fully saturated rings. The summed E-state index contributed by atoms with van der Waals surface area (Å²) in [6.07, 6.45) is 1.88. The maximum absolute atomic E-state index is 12.3. The molecule has 1 aromatic carbocycles. The van der Waals surface area contributed by atoms with E-state index in [1.165, 1.54) is 0 Å². The number of carbonyl (C=O) groups excluding carboxylic acids is 1. The molecule has 2 rings (SSSR count). The first-order chi connectivity index (χ1) is 9.61. The largest absolute Gasteiger partial charge is 0.507 e. The van der Waals surface area contributed by atoms with E-state index in [-0.39, 0.29) is 17.7 Å². The van der Waals surface area contributed by atoms with E-state index in [0.717, 1.165) is 23.3 Å². The number of hydrogen-bond acceptors (Lipinski definition) is 3. The van der Waals surface area contributed by atoms with Gasteiger partial charge in [0.1, 0.15) is 5.75 Å². The van der Waals surface area contributed by atoms with Crippen molar-refractivity contribution in [1.82, 2.24) is 5.32 Å². The lowest BCUT2D eigenvalue weighted by molar-refractivity contribution is 0.0932. The van der Waals surface area contributed by atoms with Crippen molar-refractivity contribution in [3.8, 4) is 5.75 Å². The van der Waals surface area contributed by atoms with E-state index in [4.69, 9.17) is 0 Å². The Morgan fingerprint density at radius 1 is 1.40 bits per heavy atom. The summed E-state index contributed by atoms with van der Waals surface area (Å²) in [6, 6.07) is 9.08. The summed E-state index contributed by atoms with van der Waals surface area (Å²) in [4.78, 5) is 13.5. The second-order valence-electron chi connectivity index (χ2n) is 4.85. The third-order valence-electron chi connectivity index (χ3n) is 3.17. The van der Waals surface area contributed by atoms with Gasteiger partial charge in [0.15, 0.2) is 0 Å². The number of hydrogen-bond donors (Lipinski definition) is 2. The quantitative estimate of drug-likeness (QED) is 0.873. The summed E-state index contributed by atoms with van der Waals surface area (Å²) in [5, 5.41) is 14.8. The minimum Gasteiger partial charge on any atom is -0.507 e. The molecule has 1 heterocycles. The van der Waals surface area contributed by atoms with E-state index in [1.54, 1.807) is 29.5 Å². The van der Waals surface area contributed by atoms with Gasteiger partial charge in [-0.1, -0.05) is 31.0 Å². The summed E-state index contributed by atoms with van der Waals surface area (Å²) >= 11 is 1.64. The van der Waals surface area contributed by atoms with Gasteiger partial charge in [0.25, 0.3) is 5.91 Å². The summed E-state index contributed by atoms with van der Waals surface area (Å²) in [7, 11) is 0. The average Bonchev–Trinajstić information content (AvgIpc) is 2.95. The smallest absolute Gasteiger partial charge is 0.255 e. The lowest BCUT2D eigenvalue weighted by Crippen LogP contribution is -2.28. The van der Waals surface area contributed by atoms with Gasteiger partial charge in [0.2, 0.25) is 0 Å². The Bertz CT molecular complexity index is 578. The van der Waals surface area contributed by atoms with Gasteiger partial charge >= 0.3 is 0 Å². The molecule has 20 heavy (non-hydrogen) atoms. The van der Waals surface area contributed by atoms with Gasteiger partial charge in [-0.25, -0.2) is 0 Å². The van der Waals surface area contributed by atoms with E-state index in [9.17, 15) is 9.90 Å². The van der Waals surface area contributed by atoms with Crippen LogP contribution in [0.3, 0.4) is 0 Å². The Morgan fingerprint density at radius 2 is 2.20 bits per heavy atom.